The lowest BCUT2D eigenvalue weighted by atomic mass is 9.82. The fourth-order valence-corrected chi connectivity index (χ4v) is 6.01. The number of likely N-dealkylation sites (tertiary alicyclic amines) is 1. The number of benzene rings is 3. The zero-order valence-corrected chi connectivity index (χ0v) is 24.5. The highest BCUT2D eigenvalue weighted by Gasteiger charge is 2.44. The number of ether oxygens (including phenoxy) is 1. The van der Waals surface area contributed by atoms with Gasteiger partial charge in [-0.1, -0.05) is 41.4 Å². The first-order valence-corrected chi connectivity index (χ1v) is 14.6. The molecule has 2 amide bonds. The van der Waals surface area contributed by atoms with Crippen molar-refractivity contribution in [2.45, 2.75) is 49.9 Å². The fourth-order valence-electron chi connectivity index (χ4n) is 5.70. The second-order valence-electron chi connectivity index (χ2n) is 10.8. The molecule has 228 valence electrons. The van der Waals surface area contributed by atoms with Crippen molar-refractivity contribution in [3.05, 3.63) is 98.8 Å². The largest absolute Gasteiger partial charge is 0.438 e. The summed E-state index contributed by atoms with van der Waals surface area (Å²) in [6.45, 7) is 1.96. The van der Waals surface area contributed by atoms with Crippen LogP contribution in [0.5, 0.6) is 0 Å². The zero-order chi connectivity index (χ0) is 30.8. The maximum absolute atomic E-state index is 14.0. The van der Waals surface area contributed by atoms with Crippen LogP contribution in [0.3, 0.4) is 0 Å². The van der Waals surface area contributed by atoms with Crippen LogP contribution in [-0.4, -0.2) is 36.5 Å². The van der Waals surface area contributed by atoms with E-state index in [2.05, 4.69) is 15.5 Å². The van der Waals surface area contributed by atoms with Gasteiger partial charge in [0.1, 0.15) is 11.4 Å². The van der Waals surface area contributed by atoms with Gasteiger partial charge in [0.2, 0.25) is 5.91 Å². The molecule has 1 atom stereocenters. The molecule has 12 heteroatoms. The summed E-state index contributed by atoms with van der Waals surface area (Å²) in [6.07, 6.45) is -2.86. The molecule has 0 aromatic heterocycles. The lowest BCUT2D eigenvalue weighted by Gasteiger charge is -2.44. The van der Waals surface area contributed by atoms with E-state index in [0.717, 1.165) is 12.1 Å². The second kappa shape index (κ2) is 12.7. The Kier molecular flexibility index (Phi) is 9.20. The molecule has 43 heavy (non-hydrogen) atoms. The monoisotopic (exact) mass is 637 g/mol. The summed E-state index contributed by atoms with van der Waals surface area (Å²) in [5.41, 5.74) is 0.758. The van der Waals surface area contributed by atoms with Crippen LogP contribution in [0.15, 0.2) is 60.7 Å². The van der Waals surface area contributed by atoms with Gasteiger partial charge in [-0.3, -0.25) is 10.1 Å². The minimum atomic E-state index is -4.43. The van der Waals surface area contributed by atoms with Gasteiger partial charge in [0.15, 0.2) is 0 Å². The number of fused-ring (bicyclic) bond motifs is 2. The van der Waals surface area contributed by atoms with E-state index in [9.17, 15) is 27.2 Å². The summed E-state index contributed by atoms with van der Waals surface area (Å²) < 4.78 is 58.4. The van der Waals surface area contributed by atoms with Gasteiger partial charge in [-0.25, -0.2) is 9.18 Å². The van der Waals surface area contributed by atoms with Gasteiger partial charge in [0, 0.05) is 38.0 Å². The van der Waals surface area contributed by atoms with Gasteiger partial charge in [0.05, 0.1) is 27.2 Å². The molecule has 5 rings (SSSR count). The SMILES string of the molecule is O=C1Nc2ccc(F)cc2C2(CCN(CCCC(C(=O)NCc3ccc(C(F)(F)F)cc3)c3ccc(Cl)c(Cl)c3)CC2)O1. The predicted molar refractivity (Wildman–Crippen MR) is 156 cm³/mol. The number of carbonyl (C=O) groups is 2. The average molecular weight is 638 g/mol. The number of hydrogen-bond donors (Lipinski definition) is 2. The molecule has 2 N–H and O–H groups in total. The minimum absolute atomic E-state index is 0.0681. The molecule has 2 aliphatic heterocycles. The van der Waals surface area contributed by atoms with Gasteiger partial charge >= 0.3 is 12.3 Å². The van der Waals surface area contributed by atoms with Gasteiger partial charge in [-0.05, 0) is 73.0 Å². The Bertz CT molecular complexity index is 1490. The van der Waals surface area contributed by atoms with E-state index in [0.29, 0.717) is 77.7 Å². The molecule has 2 heterocycles. The van der Waals surface area contributed by atoms with E-state index in [1.807, 2.05) is 0 Å². The van der Waals surface area contributed by atoms with Crippen LogP contribution in [-0.2, 0) is 27.9 Å². The Morgan fingerprint density at radius 2 is 1.74 bits per heavy atom. The van der Waals surface area contributed by atoms with E-state index in [1.54, 1.807) is 24.3 Å². The van der Waals surface area contributed by atoms with Crippen molar-refractivity contribution in [3.63, 3.8) is 0 Å². The summed E-state index contributed by atoms with van der Waals surface area (Å²) in [5, 5.41) is 6.15. The van der Waals surface area contributed by atoms with E-state index in [4.69, 9.17) is 27.9 Å². The first-order chi connectivity index (χ1) is 20.4. The molecule has 0 aliphatic carbocycles. The molecule has 6 nitrogen and oxygen atoms in total. The Balaban J connectivity index is 1.21. The number of nitrogens with one attached hydrogen (secondary N) is 2. The second-order valence-corrected chi connectivity index (χ2v) is 11.6. The van der Waals surface area contributed by atoms with Crippen LogP contribution >= 0.6 is 23.2 Å². The van der Waals surface area contributed by atoms with Crippen molar-refractivity contribution < 1.29 is 31.9 Å². The molecule has 1 unspecified atom stereocenters. The smallest absolute Gasteiger partial charge is 0.416 e. The standard InChI is InChI=1S/C31H29Cl2F4N3O3/c32-25-9-5-20(16-26(25)33)23(28(41)38-18-19-3-6-21(7-4-19)31(35,36)37)2-1-13-40-14-11-30(12-15-40)24-17-22(34)8-10-27(24)39-29(42)43-30/h3-10,16-17,23H,1-2,11-15,18H2,(H,38,41)(H,39,42). The van der Waals surface area contributed by atoms with Crippen LogP contribution in [0.1, 0.15) is 53.9 Å². The van der Waals surface area contributed by atoms with Crippen LogP contribution < -0.4 is 10.6 Å². The highest BCUT2D eigenvalue weighted by molar-refractivity contribution is 6.42. The van der Waals surface area contributed by atoms with Crippen molar-refractivity contribution in [1.82, 2.24) is 10.2 Å². The van der Waals surface area contributed by atoms with Gasteiger partial charge in [0.25, 0.3) is 0 Å². The van der Waals surface area contributed by atoms with Gasteiger partial charge < -0.3 is 15.0 Å². The molecule has 0 bridgehead atoms. The molecule has 1 saturated heterocycles. The quantitative estimate of drug-likeness (QED) is 0.247. The number of carbonyl (C=O) groups excluding carboxylic acids is 2. The van der Waals surface area contributed by atoms with E-state index < -0.39 is 35.2 Å². The Morgan fingerprint density at radius 3 is 2.42 bits per heavy atom. The van der Waals surface area contributed by atoms with Crippen LogP contribution in [0, 0.1) is 5.82 Å². The molecule has 0 radical (unpaired) electrons. The molecule has 3 aromatic rings. The number of nitrogens with zero attached hydrogens (tertiary/aromatic N) is 1. The Labute approximate surface area is 256 Å². The normalized spacial score (nSPS) is 17.1. The minimum Gasteiger partial charge on any atom is -0.438 e. The summed E-state index contributed by atoms with van der Waals surface area (Å²) in [7, 11) is 0. The average Bonchev–Trinajstić information content (AvgIpc) is 2.97. The number of hydrogen-bond acceptors (Lipinski definition) is 4. The first kappa shape index (κ1) is 31.1. The topological polar surface area (TPSA) is 70.7 Å². The highest BCUT2D eigenvalue weighted by Crippen LogP contribution is 2.44. The summed E-state index contributed by atoms with van der Waals surface area (Å²) in [5.74, 6) is -1.25. The first-order valence-electron chi connectivity index (χ1n) is 13.8. The van der Waals surface area contributed by atoms with Crippen LogP contribution in [0.25, 0.3) is 0 Å². The third-order valence-electron chi connectivity index (χ3n) is 8.04. The maximum Gasteiger partial charge on any atom is 0.416 e. The van der Waals surface area contributed by atoms with Crippen molar-refractivity contribution in [3.8, 4) is 0 Å². The van der Waals surface area contributed by atoms with Crippen molar-refractivity contribution in [2.24, 2.45) is 0 Å². The van der Waals surface area contributed by atoms with Crippen molar-refractivity contribution in [1.29, 1.82) is 0 Å². The molecular formula is C31H29Cl2F4N3O3. The van der Waals surface area contributed by atoms with Crippen molar-refractivity contribution in [2.75, 3.05) is 25.0 Å². The summed E-state index contributed by atoms with van der Waals surface area (Å²) in [4.78, 5) is 27.8. The summed E-state index contributed by atoms with van der Waals surface area (Å²) in [6, 6.07) is 13.9. The fraction of sp³-hybridized carbons (Fsp3) is 0.355. The Morgan fingerprint density at radius 1 is 1.02 bits per heavy atom. The maximum atomic E-state index is 14.0. The molecule has 1 fully saturated rings. The molecule has 3 aromatic carbocycles. The number of piperidine rings is 1. The third-order valence-corrected chi connectivity index (χ3v) is 8.78. The van der Waals surface area contributed by atoms with E-state index in [-0.39, 0.29) is 12.5 Å². The third kappa shape index (κ3) is 7.25. The van der Waals surface area contributed by atoms with Crippen molar-refractivity contribution >= 4 is 40.9 Å². The number of amides is 2. The number of alkyl halides is 3. The molecule has 0 saturated carbocycles. The van der Waals surface area contributed by atoms with E-state index >= 15 is 0 Å². The lowest BCUT2D eigenvalue weighted by molar-refractivity contribution is -0.137. The Hall–Kier alpha value is -3.34. The van der Waals surface area contributed by atoms with E-state index in [1.165, 1.54) is 24.3 Å². The van der Waals surface area contributed by atoms with Gasteiger partial charge in [-0.15, -0.1) is 0 Å². The highest BCUT2D eigenvalue weighted by atomic mass is 35.5. The molecular weight excluding hydrogens is 609 g/mol. The predicted octanol–water partition coefficient (Wildman–Crippen LogP) is 7.88. The van der Waals surface area contributed by atoms with Crippen LogP contribution in [0.2, 0.25) is 10.0 Å². The lowest BCUT2D eigenvalue weighted by Crippen LogP contribution is -2.48. The number of halogens is 6. The zero-order valence-electron chi connectivity index (χ0n) is 22.9. The number of rotatable bonds is 8. The van der Waals surface area contributed by atoms with Crippen LogP contribution in [0.4, 0.5) is 28.0 Å². The molecule has 2 aliphatic rings. The molecule has 1 spiro atoms. The summed E-state index contributed by atoms with van der Waals surface area (Å²) >= 11 is 12.3. The number of anilines is 1. The van der Waals surface area contributed by atoms with Gasteiger partial charge in [-0.2, -0.15) is 13.2 Å².